The van der Waals surface area contributed by atoms with Crippen LogP contribution in [0.2, 0.25) is 0 Å². The van der Waals surface area contributed by atoms with Crippen LogP contribution in [0.4, 0.5) is 24.8 Å². The molecule has 0 aliphatic carbocycles. The molecule has 27 heavy (non-hydrogen) atoms. The molecule has 0 saturated heterocycles. The maximum Gasteiger partial charge on any atom is 0.423 e. The van der Waals surface area contributed by atoms with Crippen LogP contribution < -0.4 is 14.4 Å². The first-order valence-corrected chi connectivity index (χ1v) is 8.76. The lowest BCUT2D eigenvalue weighted by Gasteiger charge is -2.20. The Morgan fingerprint density at radius 1 is 1.11 bits per heavy atom. The minimum absolute atomic E-state index is 0.0675. The lowest BCUT2D eigenvalue weighted by atomic mass is 10.2. The molecule has 0 fully saturated rings. The first kappa shape index (κ1) is 20.8. The van der Waals surface area contributed by atoms with Crippen LogP contribution in [0.25, 0.3) is 0 Å². The molecule has 0 spiro atoms. The molecular weight excluding hydrogens is 359 g/mol. The van der Waals surface area contributed by atoms with Crippen LogP contribution in [0, 0.1) is 5.92 Å². The summed E-state index contributed by atoms with van der Waals surface area (Å²) in [6.45, 7) is 6.47. The summed E-state index contributed by atoms with van der Waals surface area (Å²) in [4.78, 5) is 9.45. The SMILES string of the molecule is CCCOc1ccc(N(C)c2ncc(C(F)(F)F)c(OCC(C)C)n2)cc1. The van der Waals surface area contributed by atoms with E-state index in [1.165, 1.54) is 0 Å². The Morgan fingerprint density at radius 3 is 2.33 bits per heavy atom. The summed E-state index contributed by atoms with van der Waals surface area (Å²) >= 11 is 0. The fraction of sp³-hybridized carbons (Fsp3) is 0.474. The molecule has 0 aliphatic rings. The largest absolute Gasteiger partial charge is 0.494 e. The second-order valence-electron chi connectivity index (χ2n) is 6.49. The maximum atomic E-state index is 13.2. The quantitative estimate of drug-likeness (QED) is 0.636. The third-order valence-corrected chi connectivity index (χ3v) is 3.60. The molecule has 0 unspecified atom stereocenters. The van der Waals surface area contributed by atoms with Gasteiger partial charge in [0.2, 0.25) is 11.8 Å². The van der Waals surface area contributed by atoms with Crippen LogP contribution in [0.1, 0.15) is 32.8 Å². The van der Waals surface area contributed by atoms with Crippen LogP contribution in [-0.2, 0) is 6.18 Å². The predicted molar refractivity (Wildman–Crippen MR) is 97.7 cm³/mol. The normalized spacial score (nSPS) is 11.6. The zero-order chi connectivity index (χ0) is 20.0. The minimum Gasteiger partial charge on any atom is -0.494 e. The zero-order valence-electron chi connectivity index (χ0n) is 15.9. The molecule has 1 aromatic heterocycles. The van der Waals surface area contributed by atoms with Crippen molar-refractivity contribution in [1.29, 1.82) is 0 Å². The number of rotatable bonds is 8. The van der Waals surface area contributed by atoms with E-state index < -0.39 is 17.6 Å². The third kappa shape index (κ3) is 5.74. The highest BCUT2D eigenvalue weighted by Gasteiger charge is 2.36. The van der Waals surface area contributed by atoms with Crippen LogP contribution in [0.15, 0.2) is 30.5 Å². The van der Waals surface area contributed by atoms with Crippen molar-refractivity contribution in [3.63, 3.8) is 0 Å². The first-order valence-electron chi connectivity index (χ1n) is 8.76. The average molecular weight is 383 g/mol. The van der Waals surface area contributed by atoms with Gasteiger partial charge in [-0.2, -0.15) is 18.2 Å². The van der Waals surface area contributed by atoms with Gasteiger partial charge in [-0.3, -0.25) is 0 Å². The molecule has 0 bridgehead atoms. The van der Waals surface area contributed by atoms with Crippen molar-refractivity contribution < 1.29 is 22.6 Å². The number of hydrogen-bond donors (Lipinski definition) is 0. The van der Waals surface area contributed by atoms with Crippen molar-refractivity contribution in [2.45, 2.75) is 33.4 Å². The van der Waals surface area contributed by atoms with Gasteiger partial charge in [0.25, 0.3) is 0 Å². The number of aromatic nitrogens is 2. The highest BCUT2D eigenvalue weighted by atomic mass is 19.4. The number of benzene rings is 1. The number of hydrogen-bond acceptors (Lipinski definition) is 5. The molecule has 0 N–H and O–H groups in total. The summed E-state index contributed by atoms with van der Waals surface area (Å²) in [6.07, 6.45) is -2.92. The topological polar surface area (TPSA) is 47.5 Å². The molecule has 0 radical (unpaired) electrons. The number of halogens is 3. The van der Waals surface area contributed by atoms with Gasteiger partial charge >= 0.3 is 6.18 Å². The highest BCUT2D eigenvalue weighted by molar-refractivity contribution is 5.58. The molecule has 0 amide bonds. The Balaban J connectivity index is 2.27. The molecule has 2 aromatic rings. The summed E-state index contributed by atoms with van der Waals surface area (Å²) in [5, 5.41) is 0. The summed E-state index contributed by atoms with van der Waals surface area (Å²) in [5.41, 5.74) is -0.267. The van der Waals surface area contributed by atoms with Gasteiger partial charge in [-0.25, -0.2) is 4.98 Å². The number of nitrogens with zero attached hydrogens (tertiary/aromatic N) is 3. The fourth-order valence-corrected chi connectivity index (χ4v) is 2.17. The van der Waals surface area contributed by atoms with Gasteiger partial charge in [-0.15, -0.1) is 0 Å². The zero-order valence-corrected chi connectivity index (χ0v) is 15.9. The predicted octanol–water partition coefficient (Wildman–Crippen LogP) is 5.09. The molecule has 0 atom stereocenters. The van der Waals surface area contributed by atoms with E-state index in [2.05, 4.69) is 9.97 Å². The molecule has 0 aliphatic heterocycles. The van der Waals surface area contributed by atoms with Crippen LogP contribution in [0.5, 0.6) is 11.6 Å². The Labute approximate surface area is 157 Å². The Morgan fingerprint density at radius 2 is 1.78 bits per heavy atom. The monoisotopic (exact) mass is 383 g/mol. The van der Waals surface area contributed by atoms with E-state index in [-0.39, 0.29) is 18.5 Å². The number of ether oxygens (including phenoxy) is 2. The molecular formula is C19H24F3N3O2. The smallest absolute Gasteiger partial charge is 0.423 e. The van der Waals surface area contributed by atoms with Gasteiger partial charge in [-0.1, -0.05) is 20.8 Å². The minimum atomic E-state index is -4.58. The lowest BCUT2D eigenvalue weighted by Crippen LogP contribution is -2.18. The van der Waals surface area contributed by atoms with Gasteiger partial charge < -0.3 is 14.4 Å². The van der Waals surface area contributed by atoms with E-state index in [0.717, 1.165) is 18.4 Å². The van der Waals surface area contributed by atoms with Crippen molar-refractivity contribution in [1.82, 2.24) is 9.97 Å². The first-order chi connectivity index (χ1) is 12.7. The molecule has 0 saturated carbocycles. The van der Waals surface area contributed by atoms with Crippen LogP contribution >= 0.6 is 0 Å². The second-order valence-corrected chi connectivity index (χ2v) is 6.49. The van der Waals surface area contributed by atoms with E-state index in [4.69, 9.17) is 9.47 Å². The van der Waals surface area contributed by atoms with Gasteiger partial charge in [0.05, 0.1) is 13.2 Å². The Bertz CT molecular complexity index is 734. The van der Waals surface area contributed by atoms with Crippen LogP contribution in [-0.4, -0.2) is 30.2 Å². The van der Waals surface area contributed by atoms with Crippen molar-refractivity contribution in [3.05, 3.63) is 36.0 Å². The van der Waals surface area contributed by atoms with E-state index in [1.807, 2.05) is 20.8 Å². The summed E-state index contributed by atoms with van der Waals surface area (Å²) in [6, 6.07) is 7.17. The Kier molecular flexibility index (Phi) is 6.87. The van der Waals surface area contributed by atoms with Crippen LogP contribution in [0.3, 0.4) is 0 Å². The third-order valence-electron chi connectivity index (χ3n) is 3.60. The van der Waals surface area contributed by atoms with E-state index in [9.17, 15) is 13.2 Å². The summed E-state index contributed by atoms with van der Waals surface area (Å²) in [5.74, 6) is 0.445. The number of alkyl halides is 3. The van der Waals surface area contributed by atoms with E-state index in [1.54, 1.807) is 36.2 Å². The van der Waals surface area contributed by atoms with Crippen molar-refractivity contribution in [3.8, 4) is 11.6 Å². The van der Waals surface area contributed by atoms with Gasteiger partial charge in [0.15, 0.2) is 0 Å². The lowest BCUT2D eigenvalue weighted by molar-refractivity contribution is -0.139. The van der Waals surface area contributed by atoms with Gasteiger partial charge in [-0.05, 0) is 36.6 Å². The number of anilines is 2. The van der Waals surface area contributed by atoms with E-state index >= 15 is 0 Å². The summed E-state index contributed by atoms with van der Waals surface area (Å²) < 4.78 is 50.4. The van der Waals surface area contributed by atoms with Crippen molar-refractivity contribution in [2.24, 2.45) is 5.92 Å². The second kappa shape index (κ2) is 8.92. The molecule has 8 heteroatoms. The Hall–Kier alpha value is -2.51. The molecule has 1 heterocycles. The molecule has 5 nitrogen and oxygen atoms in total. The standard InChI is InChI=1S/C19H24F3N3O2/c1-5-10-26-15-8-6-14(7-9-15)25(4)18-23-11-16(19(20,21)22)17(24-18)27-12-13(2)3/h6-9,11,13H,5,10,12H2,1-4H3. The van der Waals surface area contributed by atoms with Crippen molar-refractivity contribution >= 4 is 11.6 Å². The van der Waals surface area contributed by atoms with Gasteiger partial charge in [0.1, 0.15) is 11.3 Å². The van der Waals surface area contributed by atoms with E-state index in [0.29, 0.717) is 12.3 Å². The summed E-state index contributed by atoms with van der Waals surface area (Å²) in [7, 11) is 1.68. The van der Waals surface area contributed by atoms with Gasteiger partial charge in [0, 0.05) is 18.9 Å². The average Bonchev–Trinajstić information content (AvgIpc) is 2.63. The molecule has 1 aromatic carbocycles. The highest BCUT2D eigenvalue weighted by Crippen LogP contribution is 2.36. The maximum absolute atomic E-state index is 13.2. The molecule has 2 rings (SSSR count). The van der Waals surface area contributed by atoms with Crippen molar-refractivity contribution in [2.75, 3.05) is 25.2 Å². The fourth-order valence-electron chi connectivity index (χ4n) is 2.17. The molecule has 148 valence electrons.